The maximum Gasteiger partial charge on any atom is 0.410 e. The molecule has 1 atom stereocenters. The molecule has 32 heavy (non-hydrogen) atoms. The fraction of sp³-hybridized carbons (Fsp3) is 0.545. The number of halogens is 1. The lowest BCUT2D eigenvalue weighted by molar-refractivity contribution is -0.134. The molecular weight excluding hydrogens is 417 g/mol. The molecule has 1 aromatic heterocycles. The van der Waals surface area contributed by atoms with Gasteiger partial charge in [0, 0.05) is 19.6 Å². The van der Waals surface area contributed by atoms with Crippen LogP contribution in [0, 0.1) is 5.82 Å². The van der Waals surface area contributed by atoms with E-state index in [9.17, 15) is 14.0 Å². The molecule has 0 radical (unpaired) electrons. The predicted octanol–water partition coefficient (Wildman–Crippen LogP) is 2.91. The van der Waals surface area contributed by atoms with Crippen molar-refractivity contribution in [2.45, 2.75) is 58.3 Å². The van der Waals surface area contributed by atoms with Crippen LogP contribution in [0.4, 0.5) is 9.18 Å². The van der Waals surface area contributed by atoms with Gasteiger partial charge in [-0.25, -0.2) is 9.18 Å². The minimum absolute atomic E-state index is 0.129. The Bertz CT molecular complexity index is 985. The van der Waals surface area contributed by atoms with Crippen LogP contribution in [0.3, 0.4) is 0 Å². The van der Waals surface area contributed by atoms with Gasteiger partial charge in [-0.05, 0) is 57.9 Å². The molecular formula is C22H28FN5O4. The standard InChI is InChI=1S/C22H28FN5O4/c1-22(2,3)32-21(30)26-11-12-28-18(13-26)24-25-20(28)17-5-4-10-27(17)19(29)14-31-16-8-6-15(23)7-9-16/h6-9,17H,4-5,10-14H2,1-3H3/t17-/m1/s1. The van der Waals surface area contributed by atoms with E-state index in [0.717, 1.165) is 18.7 Å². The van der Waals surface area contributed by atoms with E-state index in [4.69, 9.17) is 9.47 Å². The zero-order valence-corrected chi connectivity index (χ0v) is 18.6. The molecule has 1 fully saturated rings. The summed E-state index contributed by atoms with van der Waals surface area (Å²) in [5.41, 5.74) is -0.561. The fourth-order valence-corrected chi connectivity index (χ4v) is 4.00. The van der Waals surface area contributed by atoms with Gasteiger partial charge in [-0.1, -0.05) is 0 Å². The summed E-state index contributed by atoms with van der Waals surface area (Å²) in [4.78, 5) is 28.6. The molecule has 2 amide bonds. The molecule has 0 spiro atoms. The molecule has 1 aromatic carbocycles. The van der Waals surface area contributed by atoms with Gasteiger partial charge in [0.15, 0.2) is 18.3 Å². The Morgan fingerprint density at radius 1 is 1.12 bits per heavy atom. The van der Waals surface area contributed by atoms with Crippen molar-refractivity contribution in [3.8, 4) is 5.75 Å². The SMILES string of the molecule is CC(C)(C)OC(=O)N1CCn2c(nnc2[C@H]2CCCN2C(=O)COc2ccc(F)cc2)C1. The molecule has 0 bridgehead atoms. The molecule has 9 nitrogen and oxygen atoms in total. The summed E-state index contributed by atoms with van der Waals surface area (Å²) in [6.07, 6.45) is 1.28. The van der Waals surface area contributed by atoms with Crippen LogP contribution in [0.5, 0.6) is 5.75 Å². The number of ether oxygens (including phenoxy) is 2. The number of carbonyl (C=O) groups is 2. The third kappa shape index (κ3) is 4.84. The monoisotopic (exact) mass is 445 g/mol. The molecule has 1 saturated heterocycles. The van der Waals surface area contributed by atoms with Crippen LogP contribution in [0.15, 0.2) is 24.3 Å². The van der Waals surface area contributed by atoms with Crippen molar-refractivity contribution in [2.75, 3.05) is 19.7 Å². The van der Waals surface area contributed by atoms with Crippen molar-refractivity contribution < 1.29 is 23.5 Å². The van der Waals surface area contributed by atoms with Gasteiger partial charge in [0.2, 0.25) is 0 Å². The zero-order valence-electron chi connectivity index (χ0n) is 18.6. The van der Waals surface area contributed by atoms with Crippen LogP contribution in [0.2, 0.25) is 0 Å². The number of fused-ring (bicyclic) bond motifs is 1. The van der Waals surface area contributed by atoms with Crippen LogP contribution in [0.25, 0.3) is 0 Å². The van der Waals surface area contributed by atoms with E-state index in [1.807, 2.05) is 25.3 Å². The van der Waals surface area contributed by atoms with Crippen molar-refractivity contribution in [3.63, 3.8) is 0 Å². The summed E-state index contributed by atoms with van der Waals surface area (Å²) in [6, 6.07) is 5.39. The Labute approximate surface area is 186 Å². The second-order valence-electron chi connectivity index (χ2n) is 9.02. The largest absolute Gasteiger partial charge is 0.484 e. The molecule has 4 rings (SSSR count). The molecule has 3 heterocycles. The van der Waals surface area contributed by atoms with Gasteiger partial charge in [0.1, 0.15) is 17.2 Å². The smallest absolute Gasteiger partial charge is 0.410 e. The van der Waals surface area contributed by atoms with Gasteiger partial charge in [-0.3, -0.25) is 9.69 Å². The van der Waals surface area contributed by atoms with Crippen molar-refractivity contribution >= 4 is 12.0 Å². The average molecular weight is 445 g/mol. The summed E-state index contributed by atoms with van der Waals surface area (Å²) in [6.45, 7) is 7.33. The Kier molecular flexibility index (Phi) is 6.03. The number of likely N-dealkylation sites (tertiary alicyclic amines) is 1. The number of benzene rings is 1. The molecule has 0 N–H and O–H groups in total. The third-order valence-electron chi connectivity index (χ3n) is 5.48. The average Bonchev–Trinajstić information content (AvgIpc) is 3.38. The second kappa shape index (κ2) is 8.76. The van der Waals surface area contributed by atoms with E-state index in [-0.39, 0.29) is 30.5 Å². The van der Waals surface area contributed by atoms with Crippen molar-refractivity contribution in [1.29, 1.82) is 0 Å². The van der Waals surface area contributed by atoms with Crippen LogP contribution >= 0.6 is 0 Å². The molecule has 10 heteroatoms. The lowest BCUT2D eigenvalue weighted by atomic mass is 10.2. The van der Waals surface area contributed by atoms with E-state index in [1.54, 1.807) is 9.80 Å². The Morgan fingerprint density at radius 3 is 2.59 bits per heavy atom. The first-order valence-corrected chi connectivity index (χ1v) is 10.8. The van der Waals surface area contributed by atoms with Gasteiger partial charge in [-0.15, -0.1) is 10.2 Å². The summed E-state index contributed by atoms with van der Waals surface area (Å²) >= 11 is 0. The lowest BCUT2D eigenvalue weighted by Gasteiger charge is -2.31. The van der Waals surface area contributed by atoms with E-state index in [1.165, 1.54) is 24.3 Å². The number of carbonyl (C=O) groups excluding carboxylic acids is 2. The maximum absolute atomic E-state index is 13.0. The van der Waals surface area contributed by atoms with Crippen molar-refractivity contribution in [2.24, 2.45) is 0 Å². The van der Waals surface area contributed by atoms with Crippen molar-refractivity contribution in [1.82, 2.24) is 24.6 Å². The third-order valence-corrected chi connectivity index (χ3v) is 5.48. The topological polar surface area (TPSA) is 89.8 Å². The lowest BCUT2D eigenvalue weighted by Crippen LogP contribution is -2.42. The highest BCUT2D eigenvalue weighted by molar-refractivity contribution is 5.78. The van der Waals surface area contributed by atoms with Crippen LogP contribution < -0.4 is 4.74 Å². The van der Waals surface area contributed by atoms with E-state index in [2.05, 4.69) is 10.2 Å². The maximum atomic E-state index is 13.0. The normalized spacial score (nSPS) is 18.4. The molecule has 0 unspecified atom stereocenters. The number of amides is 2. The van der Waals surface area contributed by atoms with E-state index in [0.29, 0.717) is 37.8 Å². The van der Waals surface area contributed by atoms with Crippen molar-refractivity contribution in [3.05, 3.63) is 41.7 Å². The van der Waals surface area contributed by atoms with Crippen LogP contribution in [0.1, 0.15) is 51.3 Å². The van der Waals surface area contributed by atoms with E-state index < -0.39 is 5.60 Å². The summed E-state index contributed by atoms with van der Waals surface area (Å²) in [7, 11) is 0. The van der Waals surface area contributed by atoms with Crippen LogP contribution in [-0.4, -0.2) is 61.9 Å². The first-order valence-electron chi connectivity index (χ1n) is 10.8. The highest BCUT2D eigenvalue weighted by Gasteiger charge is 2.36. The van der Waals surface area contributed by atoms with Gasteiger partial charge in [-0.2, -0.15) is 0 Å². The minimum Gasteiger partial charge on any atom is -0.484 e. The number of hydrogen-bond acceptors (Lipinski definition) is 6. The second-order valence-corrected chi connectivity index (χ2v) is 9.02. The predicted molar refractivity (Wildman–Crippen MR) is 112 cm³/mol. The first kappa shape index (κ1) is 22.0. The molecule has 0 saturated carbocycles. The number of hydrogen-bond donors (Lipinski definition) is 0. The summed E-state index contributed by atoms with van der Waals surface area (Å²) in [5, 5.41) is 8.65. The molecule has 2 aliphatic heterocycles. The number of nitrogens with zero attached hydrogens (tertiary/aromatic N) is 5. The van der Waals surface area contributed by atoms with Gasteiger partial charge < -0.3 is 18.9 Å². The fourth-order valence-electron chi connectivity index (χ4n) is 4.00. The number of rotatable bonds is 4. The zero-order chi connectivity index (χ0) is 22.9. The Morgan fingerprint density at radius 2 is 1.88 bits per heavy atom. The highest BCUT2D eigenvalue weighted by Crippen LogP contribution is 2.32. The number of aromatic nitrogens is 3. The van der Waals surface area contributed by atoms with E-state index >= 15 is 0 Å². The van der Waals surface area contributed by atoms with Gasteiger partial charge in [0.05, 0.1) is 12.6 Å². The van der Waals surface area contributed by atoms with Crippen LogP contribution in [-0.2, 0) is 22.6 Å². The quantitative estimate of drug-likeness (QED) is 0.719. The minimum atomic E-state index is -0.561. The molecule has 2 aromatic rings. The molecule has 0 aliphatic carbocycles. The van der Waals surface area contributed by atoms with Gasteiger partial charge in [0.25, 0.3) is 5.91 Å². The Balaban J connectivity index is 1.41. The molecule has 2 aliphatic rings. The highest BCUT2D eigenvalue weighted by atomic mass is 19.1. The molecule has 172 valence electrons. The summed E-state index contributed by atoms with van der Waals surface area (Å²) < 4.78 is 26.0. The summed E-state index contributed by atoms with van der Waals surface area (Å²) in [5.74, 6) is 1.35. The Hall–Kier alpha value is -3.17. The van der Waals surface area contributed by atoms with Gasteiger partial charge >= 0.3 is 6.09 Å². The first-order chi connectivity index (χ1) is 15.2.